The van der Waals surface area contributed by atoms with Gasteiger partial charge in [-0.15, -0.1) is 0 Å². The highest BCUT2D eigenvalue weighted by Gasteiger charge is 2.29. The Kier molecular flexibility index (Phi) is 4.99. The van der Waals surface area contributed by atoms with Crippen molar-refractivity contribution in [3.8, 4) is 0 Å². The molecule has 1 aliphatic rings. The van der Waals surface area contributed by atoms with Crippen molar-refractivity contribution >= 4 is 12.0 Å². The molecule has 1 unspecified atom stereocenters. The van der Waals surface area contributed by atoms with Crippen LogP contribution in [0.25, 0.3) is 0 Å². The molecule has 1 N–H and O–H groups in total. The zero-order chi connectivity index (χ0) is 13.9. The second kappa shape index (κ2) is 6.07. The molecular formula is C13H24N2O3. The van der Waals surface area contributed by atoms with Gasteiger partial charge in [-0.3, -0.25) is 0 Å². The second-order valence-corrected chi connectivity index (χ2v) is 5.48. The number of likely N-dealkylation sites (tertiary alicyclic amines) is 1. The number of likely N-dealkylation sites (N-methyl/N-ethyl adjacent to an activating group) is 1. The SMILES string of the molecule is CC(C)C1CCN(C(=O)N(C)C(C)C(=O)O)CC1. The summed E-state index contributed by atoms with van der Waals surface area (Å²) >= 11 is 0. The van der Waals surface area contributed by atoms with Crippen molar-refractivity contribution in [2.75, 3.05) is 20.1 Å². The fourth-order valence-corrected chi connectivity index (χ4v) is 2.31. The van der Waals surface area contributed by atoms with Gasteiger partial charge in [0.2, 0.25) is 0 Å². The molecule has 5 nitrogen and oxygen atoms in total. The fraction of sp³-hybridized carbons (Fsp3) is 0.846. The van der Waals surface area contributed by atoms with Gasteiger partial charge in [-0.2, -0.15) is 0 Å². The fourth-order valence-electron chi connectivity index (χ4n) is 2.31. The summed E-state index contributed by atoms with van der Waals surface area (Å²) in [5, 5.41) is 8.90. The summed E-state index contributed by atoms with van der Waals surface area (Å²) in [7, 11) is 1.55. The number of urea groups is 1. The molecule has 0 aromatic heterocycles. The van der Waals surface area contributed by atoms with Crippen molar-refractivity contribution in [3.63, 3.8) is 0 Å². The third-order valence-corrected chi connectivity index (χ3v) is 3.99. The molecule has 0 radical (unpaired) electrons. The monoisotopic (exact) mass is 256 g/mol. The predicted octanol–water partition coefficient (Wildman–Crippen LogP) is 1.88. The van der Waals surface area contributed by atoms with Crippen LogP contribution in [-0.4, -0.2) is 53.1 Å². The Balaban J connectivity index is 2.52. The van der Waals surface area contributed by atoms with Crippen LogP contribution in [0.2, 0.25) is 0 Å². The molecule has 1 heterocycles. The third-order valence-electron chi connectivity index (χ3n) is 3.99. The van der Waals surface area contributed by atoms with Crippen LogP contribution in [0.3, 0.4) is 0 Å². The highest BCUT2D eigenvalue weighted by Crippen LogP contribution is 2.25. The van der Waals surface area contributed by atoms with Gasteiger partial charge in [0, 0.05) is 20.1 Å². The number of nitrogens with zero attached hydrogens (tertiary/aromatic N) is 2. The highest BCUT2D eigenvalue weighted by atomic mass is 16.4. The van der Waals surface area contributed by atoms with Crippen molar-refractivity contribution in [1.29, 1.82) is 0 Å². The number of piperidine rings is 1. The highest BCUT2D eigenvalue weighted by molar-refractivity contribution is 5.82. The number of carbonyl (C=O) groups excluding carboxylic acids is 1. The van der Waals surface area contributed by atoms with Gasteiger partial charge in [0.25, 0.3) is 0 Å². The first-order valence-corrected chi connectivity index (χ1v) is 6.59. The molecule has 1 atom stereocenters. The van der Waals surface area contributed by atoms with Crippen LogP contribution in [0.15, 0.2) is 0 Å². The minimum atomic E-state index is -0.970. The maximum Gasteiger partial charge on any atom is 0.326 e. The lowest BCUT2D eigenvalue weighted by atomic mass is 9.87. The topological polar surface area (TPSA) is 60.9 Å². The lowest BCUT2D eigenvalue weighted by molar-refractivity contribution is -0.141. The van der Waals surface area contributed by atoms with Crippen LogP contribution in [-0.2, 0) is 4.79 Å². The van der Waals surface area contributed by atoms with E-state index in [1.165, 1.54) is 11.8 Å². The lowest BCUT2D eigenvalue weighted by Gasteiger charge is -2.36. The van der Waals surface area contributed by atoms with Gasteiger partial charge in [-0.1, -0.05) is 13.8 Å². The first kappa shape index (κ1) is 14.8. The summed E-state index contributed by atoms with van der Waals surface area (Å²) in [5.74, 6) is 0.358. The summed E-state index contributed by atoms with van der Waals surface area (Å²) in [6.07, 6.45) is 2.03. The molecule has 1 saturated heterocycles. The van der Waals surface area contributed by atoms with Crippen molar-refractivity contribution in [1.82, 2.24) is 9.80 Å². The number of hydrogen-bond acceptors (Lipinski definition) is 2. The molecule has 0 aromatic rings. The Morgan fingerprint density at radius 3 is 2.11 bits per heavy atom. The van der Waals surface area contributed by atoms with Crippen molar-refractivity contribution in [2.24, 2.45) is 11.8 Å². The zero-order valence-electron chi connectivity index (χ0n) is 11.7. The molecule has 1 rings (SSSR count). The van der Waals surface area contributed by atoms with E-state index in [1.54, 1.807) is 11.9 Å². The second-order valence-electron chi connectivity index (χ2n) is 5.48. The summed E-state index contributed by atoms with van der Waals surface area (Å²) in [6.45, 7) is 7.42. The zero-order valence-corrected chi connectivity index (χ0v) is 11.7. The van der Waals surface area contributed by atoms with Gasteiger partial charge in [-0.05, 0) is 31.6 Å². The molecule has 2 amide bonds. The standard InChI is InChI=1S/C13H24N2O3/c1-9(2)11-5-7-15(8-6-11)13(18)14(4)10(3)12(16)17/h9-11H,5-8H2,1-4H3,(H,16,17). The van der Waals surface area contributed by atoms with E-state index in [-0.39, 0.29) is 6.03 Å². The van der Waals surface area contributed by atoms with Gasteiger partial charge >= 0.3 is 12.0 Å². The molecule has 0 spiro atoms. The molecule has 1 aliphatic heterocycles. The Hall–Kier alpha value is -1.26. The van der Waals surface area contributed by atoms with Gasteiger partial charge in [0.05, 0.1) is 0 Å². The average Bonchev–Trinajstić information content (AvgIpc) is 2.36. The molecular weight excluding hydrogens is 232 g/mol. The number of carboxylic acid groups (broad SMARTS) is 1. The van der Waals surface area contributed by atoms with Crippen molar-refractivity contribution in [3.05, 3.63) is 0 Å². The van der Waals surface area contributed by atoms with Gasteiger partial charge in [0.15, 0.2) is 0 Å². The summed E-state index contributed by atoms with van der Waals surface area (Å²) < 4.78 is 0. The molecule has 1 fully saturated rings. The smallest absolute Gasteiger partial charge is 0.326 e. The van der Waals surface area contributed by atoms with E-state index >= 15 is 0 Å². The summed E-state index contributed by atoms with van der Waals surface area (Å²) in [6, 6.07) is -0.951. The average molecular weight is 256 g/mol. The first-order valence-electron chi connectivity index (χ1n) is 6.59. The van der Waals surface area contributed by atoms with Crippen LogP contribution >= 0.6 is 0 Å². The minimum absolute atomic E-state index is 0.174. The molecule has 0 aromatic carbocycles. The quantitative estimate of drug-likeness (QED) is 0.838. The molecule has 0 aliphatic carbocycles. The van der Waals surface area contributed by atoms with E-state index in [2.05, 4.69) is 13.8 Å². The number of amides is 2. The van der Waals surface area contributed by atoms with E-state index in [4.69, 9.17) is 5.11 Å². The van der Waals surface area contributed by atoms with E-state index in [9.17, 15) is 9.59 Å². The molecule has 18 heavy (non-hydrogen) atoms. The number of aliphatic carboxylic acids is 1. The first-order chi connectivity index (χ1) is 8.34. The minimum Gasteiger partial charge on any atom is -0.480 e. The molecule has 0 bridgehead atoms. The Bertz CT molecular complexity index is 309. The number of hydrogen-bond donors (Lipinski definition) is 1. The normalized spacial score (nSPS) is 18.8. The van der Waals surface area contributed by atoms with E-state index in [0.29, 0.717) is 11.8 Å². The maximum atomic E-state index is 12.1. The Morgan fingerprint density at radius 2 is 1.72 bits per heavy atom. The van der Waals surface area contributed by atoms with Crippen LogP contribution in [0.1, 0.15) is 33.6 Å². The van der Waals surface area contributed by atoms with E-state index < -0.39 is 12.0 Å². The van der Waals surface area contributed by atoms with Crippen LogP contribution in [0.5, 0.6) is 0 Å². The van der Waals surface area contributed by atoms with Crippen LogP contribution in [0, 0.1) is 11.8 Å². The van der Waals surface area contributed by atoms with Crippen LogP contribution in [0.4, 0.5) is 4.79 Å². The summed E-state index contributed by atoms with van der Waals surface area (Å²) in [5.41, 5.74) is 0. The number of carbonyl (C=O) groups is 2. The third kappa shape index (κ3) is 3.37. The molecule has 5 heteroatoms. The van der Waals surface area contributed by atoms with E-state index in [1.807, 2.05) is 0 Å². The molecule has 104 valence electrons. The lowest BCUT2D eigenvalue weighted by Crippen LogP contribution is -2.50. The van der Waals surface area contributed by atoms with Gasteiger partial charge in [0.1, 0.15) is 6.04 Å². The predicted molar refractivity (Wildman–Crippen MR) is 69.4 cm³/mol. The number of rotatable bonds is 3. The maximum absolute atomic E-state index is 12.1. The van der Waals surface area contributed by atoms with E-state index in [0.717, 1.165) is 25.9 Å². The van der Waals surface area contributed by atoms with Gasteiger partial charge in [-0.25, -0.2) is 9.59 Å². The largest absolute Gasteiger partial charge is 0.480 e. The van der Waals surface area contributed by atoms with Crippen LogP contribution < -0.4 is 0 Å². The van der Waals surface area contributed by atoms with Crippen molar-refractivity contribution in [2.45, 2.75) is 39.7 Å². The van der Waals surface area contributed by atoms with Crippen molar-refractivity contribution < 1.29 is 14.7 Å². The number of carboxylic acids is 1. The Labute approximate surface area is 109 Å². The van der Waals surface area contributed by atoms with Gasteiger partial charge < -0.3 is 14.9 Å². The Morgan fingerprint density at radius 1 is 1.22 bits per heavy atom. The summed E-state index contributed by atoms with van der Waals surface area (Å²) in [4.78, 5) is 26.0. The molecule has 0 saturated carbocycles.